The minimum Gasteiger partial charge on any atom is -0.481 e. The second kappa shape index (κ2) is 7.73. The number of nitrogens with zero attached hydrogens (tertiary/aromatic N) is 2. The van der Waals surface area contributed by atoms with E-state index in [9.17, 15) is 9.59 Å². The van der Waals surface area contributed by atoms with Gasteiger partial charge >= 0.3 is 12.0 Å². The molecule has 2 amide bonds. The van der Waals surface area contributed by atoms with Crippen LogP contribution < -0.4 is 5.32 Å². The Morgan fingerprint density at radius 1 is 1.45 bits per heavy atom. The molecule has 6 heteroatoms. The van der Waals surface area contributed by atoms with Gasteiger partial charge in [-0.2, -0.15) is 5.26 Å². The van der Waals surface area contributed by atoms with Gasteiger partial charge in [-0.15, -0.1) is 0 Å². The molecule has 0 bridgehead atoms. The van der Waals surface area contributed by atoms with E-state index in [4.69, 9.17) is 10.4 Å². The van der Waals surface area contributed by atoms with E-state index < -0.39 is 5.97 Å². The number of nitrogens with one attached hydrogen (secondary N) is 1. The van der Waals surface area contributed by atoms with Gasteiger partial charge in [-0.25, -0.2) is 4.79 Å². The number of carbonyl (C=O) groups is 2. The Kier molecular flexibility index (Phi) is 6.29. The molecule has 1 saturated carbocycles. The van der Waals surface area contributed by atoms with Crippen LogP contribution in [0.15, 0.2) is 0 Å². The fraction of sp³-hybridized carbons (Fsp3) is 0.786. The molecule has 1 aliphatic rings. The van der Waals surface area contributed by atoms with Crippen LogP contribution in [0.2, 0.25) is 0 Å². The summed E-state index contributed by atoms with van der Waals surface area (Å²) in [5, 5.41) is 20.5. The largest absolute Gasteiger partial charge is 0.481 e. The summed E-state index contributed by atoms with van der Waals surface area (Å²) in [5.41, 5.74) is 0. The van der Waals surface area contributed by atoms with Crippen molar-refractivity contribution in [3.05, 3.63) is 0 Å². The van der Waals surface area contributed by atoms with Crippen LogP contribution >= 0.6 is 0 Å². The third-order valence-corrected chi connectivity index (χ3v) is 3.48. The summed E-state index contributed by atoms with van der Waals surface area (Å²) >= 11 is 0. The third-order valence-electron chi connectivity index (χ3n) is 3.48. The number of hydrogen-bond acceptors (Lipinski definition) is 3. The first kappa shape index (κ1) is 16.3. The zero-order chi connectivity index (χ0) is 15.1. The summed E-state index contributed by atoms with van der Waals surface area (Å²) < 4.78 is 0. The second-order valence-corrected chi connectivity index (χ2v) is 5.74. The van der Waals surface area contributed by atoms with Crippen LogP contribution in [0.5, 0.6) is 0 Å². The van der Waals surface area contributed by atoms with Crippen LogP contribution in [0.4, 0.5) is 4.79 Å². The van der Waals surface area contributed by atoms with Gasteiger partial charge in [-0.05, 0) is 25.2 Å². The van der Waals surface area contributed by atoms with Gasteiger partial charge in [-0.3, -0.25) is 4.79 Å². The average molecular weight is 281 g/mol. The van der Waals surface area contributed by atoms with E-state index in [1.165, 1.54) is 0 Å². The van der Waals surface area contributed by atoms with Gasteiger partial charge in [0, 0.05) is 19.1 Å². The fourth-order valence-corrected chi connectivity index (χ4v) is 2.50. The minimum atomic E-state index is -0.787. The molecule has 1 rings (SSSR count). The van der Waals surface area contributed by atoms with Crippen molar-refractivity contribution in [3.8, 4) is 6.07 Å². The second-order valence-electron chi connectivity index (χ2n) is 5.74. The summed E-state index contributed by atoms with van der Waals surface area (Å²) in [4.78, 5) is 24.7. The standard InChI is InChI=1S/C14H23N3O3/c1-10(2)9-17(7-3-6-15)14(20)16-12-5-4-11(8-12)13(18)19/h10-12H,3-5,7-9H2,1-2H3,(H,16,20)(H,18,19). The normalized spacial score (nSPS) is 21.5. The van der Waals surface area contributed by atoms with Crippen molar-refractivity contribution in [1.82, 2.24) is 10.2 Å². The summed E-state index contributed by atoms with van der Waals surface area (Å²) in [5.74, 6) is -0.807. The number of carboxylic acids is 1. The lowest BCUT2D eigenvalue weighted by Crippen LogP contribution is -2.46. The van der Waals surface area contributed by atoms with E-state index in [2.05, 4.69) is 5.32 Å². The summed E-state index contributed by atoms with van der Waals surface area (Å²) in [7, 11) is 0. The molecule has 0 radical (unpaired) electrons. The van der Waals surface area contributed by atoms with Crippen molar-refractivity contribution in [2.75, 3.05) is 13.1 Å². The van der Waals surface area contributed by atoms with Crippen molar-refractivity contribution in [3.63, 3.8) is 0 Å². The number of nitriles is 1. The molecule has 2 unspecified atom stereocenters. The molecule has 112 valence electrons. The van der Waals surface area contributed by atoms with Gasteiger partial charge < -0.3 is 15.3 Å². The average Bonchev–Trinajstić information content (AvgIpc) is 2.82. The number of aliphatic carboxylic acids is 1. The lowest BCUT2D eigenvalue weighted by atomic mass is 10.1. The van der Waals surface area contributed by atoms with Crippen molar-refractivity contribution >= 4 is 12.0 Å². The number of carboxylic acid groups (broad SMARTS) is 1. The number of carbonyl (C=O) groups excluding carboxylic acids is 1. The molecule has 2 atom stereocenters. The third kappa shape index (κ3) is 5.08. The van der Waals surface area contributed by atoms with E-state index >= 15 is 0 Å². The molecule has 1 aliphatic carbocycles. The summed E-state index contributed by atoms with van der Waals surface area (Å²) in [6, 6.07) is 1.78. The van der Waals surface area contributed by atoms with Crippen molar-refractivity contribution in [1.29, 1.82) is 5.26 Å². The first-order valence-corrected chi connectivity index (χ1v) is 7.09. The Morgan fingerprint density at radius 2 is 2.15 bits per heavy atom. The van der Waals surface area contributed by atoms with Gasteiger partial charge in [0.05, 0.1) is 18.4 Å². The zero-order valence-electron chi connectivity index (χ0n) is 12.1. The Labute approximate surface area is 119 Å². The molecule has 0 aromatic heterocycles. The van der Waals surface area contributed by atoms with Crippen molar-refractivity contribution in [2.45, 2.75) is 45.6 Å². The van der Waals surface area contributed by atoms with Crippen LogP contribution in [0.1, 0.15) is 39.5 Å². The van der Waals surface area contributed by atoms with Crippen molar-refractivity contribution < 1.29 is 14.7 Å². The summed E-state index contributed by atoms with van der Waals surface area (Å²) in [6.07, 6.45) is 2.12. The molecule has 6 nitrogen and oxygen atoms in total. The SMILES string of the molecule is CC(C)CN(CCC#N)C(=O)NC1CCC(C(=O)O)C1. The molecular weight excluding hydrogens is 258 g/mol. The van der Waals surface area contributed by atoms with Crippen LogP contribution in [-0.2, 0) is 4.79 Å². The van der Waals surface area contributed by atoms with Gasteiger partial charge in [0.15, 0.2) is 0 Å². The van der Waals surface area contributed by atoms with Gasteiger partial charge in [-0.1, -0.05) is 13.8 Å². The maximum atomic E-state index is 12.2. The van der Waals surface area contributed by atoms with E-state index in [1.807, 2.05) is 19.9 Å². The van der Waals surface area contributed by atoms with Crippen LogP contribution in [-0.4, -0.2) is 41.1 Å². The molecule has 0 saturated heterocycles. The smallest absolute Gasteiger partial charge is 0.317 e. The molecule has 0 heterocycles. The molecule has 0 aromatic carbocycles. The Balaban J connectivity index is 2.49. The molecule has 1 fully saturated rings. The molecule has 20 heavy (non-hydrogen) atoms. The Bertz CT molecular complexity index is 390. The van der Waals surface area contributed by atoms with Gasteiger partial charge in [0.2, 0.25) is 0 Å². The number of rotatable bonds is 6. The van der Waals surface area contributed by atoms with Crippen LogP contribution in [0.3, 0.4) is 0 Å². The van der Waals surface area contributed by atoms with Crippen molar-refractivity contribution in [2.24, 2.45) is 11.8 Å². The fourth-order valence-electron chi connectivity index (χ4n) is 2.50. The first-order valence-electron chi connectivity index (χ1n) is 7.09. The van der Waals surface area contributed by atoms with E-state index in [-0.39, 0.29) is 18.0 Å². The van der Waals surface area contributed by atoms with Gasteiger partial charge in [0.25, 0.3) is 0 Å². The lowest BCUT2D eigenvalue weighted by molar-refractivity contribution is -0.141. The predicted molar refractivity (Wildman–Crippen MR) is 73.9 cm³/mol. The monoisotopic (exact) mass is 281 g/mol. The minimum absolute atomic E-state index is 0.0691. The highest BCUT2D eigenvalue weighted by atomic mass is 16.4. The Morgan fingerprint density at radius 3 is 2.65 bits per heavy atom. The number of urea groups is 1. The predicted octanol–water partition coefficient (Wildman–Crippen LogP) is 1.82. The molecule has 0 aromatic rings. The van der Waals surface area contributed by atoms with Gasteiger partial charge in [0.1, 0.15) is 0 Å². The van der Waals surface area contributed by atoms with Crippen LogP contribution in [0.25, 0.3) is 0 Å². The highest BCUT2D eigenvalue weighted by molar-refractivity contribution is 5.75. The quantitative estimate of drug-likeness (QED) is 0.776. The molecular formula is C14H23N3O3. The Hall–Kier alpha value is -1.77. The summed E-state index contributed by atoms with van der Waals surface area (Å²) in [6.45, 7) is 5.05. The number of amides is 2. The lowest BCUT2D eigenvalue weighted by Gasteiger charge is -2.26. The topological polar surface area (TPSA) is 93.4 Å². The number of hydrogen-bond donors (Lipinski definition) is 2. The molecule has 2 N–H and O–H groups in total. The van der Waals surface area contributed by atoms with Crippen LogP contribution in [0, 0.1) is 23.2 Å². The molecule has 0 spiro atoms. The maximum Gasteiger partial charge on any atom is 0.317 e. The first-order chi connectivity index (χ1) is 9.43. The molecule has 0 aliphatic heterocycles. The maximum absolute atomic E-state index is 12.2. The highest BCUT2D eigenvalue weighted by Gasteiger charge is 2.31. The van der Waals surface area contributed by atoms with E-state index in [0.717, 1.165) is 0 Å². The zero-order valence-corrected chi connectivity index (χ0v) is 12.1. The highest BCUT2D eigenvalue weighted by Crippen LogP contribution is 2.25. The van der Waals surface area contributed by atoms with E-state index in [0.29, 0.717) is 44.7 Å². The van der Waals surface area contributed by atoms with E-state index in [1.54, 1.807) is 4.90 Å².